The van der Waals surface area contributed by atoms with Crippen molar-refractivity contribution in [3.05, 3.63) is 47.0 Å². The van der Waals surface area contributed by atoms with Crippen LogP contribution in [0.2, 0.25) is 0 Å². The molecule has 0 atom stereocenters. The van der Waals surface area contributed by atoms with E-state index in [1.54, 1.807) is 21.3 Å². The number of ether oxygens (including phenoxy) is 3. The number of carbonyl (C=O) groups excluding carboxylic acids is 1. The van der Waals surface area contributed by atoms with Crippen LogP contribution in [0.1, 0.15) is 21.5 Å². The summed E-state index contributed by atoms with van der Waals surface area (Å²) in [5.41, 5.74) is 5.08. The minimum atomic E-state index is -0.127. The zero-order chi connectivity index (χ0) is 22.1. The Bertz CT molecular complexity index is 1160. The van der Waals surface area contributed by atoms with Crippen LogP contribution in [-0.2, 0) is 6.42 Å². The van der Waals surface area contributed by atoms with Gasteiger partial charge in [0.2, 0.25) is 5.75 Å². The first-order valence-corrected chi connectivity index (χ1v) is 10.2. The summed E-state index contributed by atoms with van der Waals surface area (Å²) in [6.07, 6.45) is 0.712. The van der Waals surface area contributed by atoms with Crippen molar-refractivity contribution in [3.8, 4) is 28.5 Å². The lowest BCUT2D eigenvalue weighted by molar-refractivity contribution is 0.0952. The lowest BCUT2D eigenvalue weighted by Gasteiger charge is -2.16. The van der Waals surface area contributed by atoms with Crippen molar-refractivity contribution < 1.29 is 19.0 Å². The molecule has 2 aromatic carbocycles. The first-order valence-electron chi connectivity index (χ1n) is 10.2. The quantitative estimate of drug-likeness (QED) is 0.494. The number of aromatic nitrogens is 1. The Hall–Kier alpha value is -3.32. The molecule has 3 aromatic rings. The summed E-state index contributed by atoms with van der Waals surface area (Å²) in [5, 5.41) is 3.92. The Morgan fingerprint density at radius 2 is 1.84 bits per heavy atom. The van der Waals surface area contributed by atoms with Crippen LogP contribution < -0.4 is 19.5 Å². The van der Waals surface area contributed by atoms with Crippen LogP contribution in [-0.4, -0.2) is 64.3 Å². The predicted molar refractivity (Wildman–Crippen MR) is 121 cm³/mol. The smallest absolute Gasteiger partial charge is 0.253 e. The Morgan fingerprint density at radius 3 is 2.52 bits per heavy atom. The van der Waals surface area contributed by atoms with Gasteiger partial charge in [-0.05, 0) is 43.4 Å². The highest BCUT2D eigenvalue weighted by Crippen LogP contribution is 2.51. The van der Waals surface area contributed by atoms with Crippen LogP contribution >= 0.6 is 0 Å². The molecule has 0 fully saturated rings. The molecule has 0 bridgehead atoms. The number of methoxy groups -OCH3 is 3. The van der Waals surface area contributed by atoms with Gasteiger partial charge >= 0.3 is 0 Å². The Labute approximate surface area is 181 Å². The zero-order valence-corrected chi connectivity index (χ0v) is 18.5. The zero-order valence-electron chi connectivity index (χ0n) is 18.5. The minimum absolute atomic E-state index is 0.127. The van der Waals surface area contributed by atoms with Gasteiger partial charge in [-0.15, -0.1) is 0 Å². The number of fused-ring (bicyclic) bond motifs is 4. The van der Waals surface area contributed by atoms with Gasteiger partial charge in [0, 0.05) is 24.9 Å². The van der Waals surface area contributed by atoms with Crippen LogP contribution in [0.25, 0.3) is 22.2 Å². The van der Waals surface area contributed by atoms with Crippen LogP contribution in [0.15, 0.2) is 30.3 Å². The van der Waals surface area contributed by atoms with Crippen molar-refractivity contribution in [3.63, 3.8) is 0 Å². The number of para-hydroxylation sites is 1. The molecule has 0 saturated carbocycles. The number of amides is 1. The van der Waals surface area contributed by atoms with Crippen molar-refractivity contribution in [2.24, 2.45) is 0 Å². The van der Waals surface area contributed by atoms with Crippen molar-refractivity contribution in [2.75, 3.05) is 48.5 Å². The van der Waals surface area contributed by atoms with Crippen LogP contribution in [0.4, 0.5) is 0 Å². The standard InChI is InChI=1S/C24H27N3O4/c1-27(2)10-9-25-24(28)17-8-6-7-14-11-16-12-15-13-18(29-3)22(30-4)23(31-5)19(15)21(16)26-20(14)17/h6-8,11,13H,9-10,12H2,1-5H3,(H,25,28). The third kappa shape index (κ3) is 3.65. The summed E-state index contributed by atoms with van der Waals surface area (Å²) in [7, 11) is 8.76. The summed E-state index contributed by atoms with van der Waals surface area (Å²) in [4.78, 5) is 19.8. The van der Waals surface area contributed by atoms with Gasteiger partial charge in [-0.3, -0.25) is 4.79 Å². The number of pyridine rings is 1. The molecule has 4 rings (SSSR count). The van der Waals surface area contributed by atoms with E-state index in [0.29, 0.717) is 41.3 Å². The van der Waals surface area contributed by atoms with E-state index in [4.69, 9.17) is 19.2 Å². The molecule has 1 amide bonds. The van der Waals surface area contributed by atoms with Gasteiger partial charge in [0.15, 0.2) is 11.5 Å². The van der Waals surface area contributed by atoms with Gasteiger partial charge in [-0.1, -0.05) is 12.1 Å². The number of nitrogens with one attached hydrogen (secondary N) is 1. The van der Waals surface area contributed by atoms with E-state index in [1.807, 2.05) is 43.3 Å². The number of benzene rings is 2. The maximum atomic E-state index is 12.9. The molecule has 0 unspecified atom stereocenters. The van der Waals surface area contributed by atoms with Crippen molar-refractivity contribution >= 4 is 16.8 Å². The van der Waals surface area contributed by atoms with Crippen molar-refractivity contribution in [1.29, 1.82) is 0 Å². The normalized spacial score (nSPS) is 11.9. The Morgan fingerprint density at radius 1 is 1.06 bits per heavy atom. The number of carbonyl (C=O) groups is 1. The molecule has 0 aliphatic heterocycles. The van der Waals surface area contributed by atoms with Gasteiger partial charge in [0.1, 0.15) is 0 Å². The molecule has 162 valence electrons. The first kappa shape index (κ1) is 20.9. The second kappa shape index (κ2) is 8.43. The molecule has 7 nitrogen and oxygen atoms in total. The molecule has 1 aliphatic rings. The van der Waals surface area contributed by atoms with E-state index >= 15 is 0 Å². The Kier molecular flexibility index (Phi) is 5.69. The number of rotatable bonds is 7. The lowest BCUT2D eigenvalue weighted by Crippen LogP contribution is -2.31. The molecule has 0 spiro atoms. The maximum Gasteiger partial charge on any atom is 0.253 e. The van der Waals surface area contributed by atoms with E-state index in [-0.39, 0.29) is 5.91 Å². The van der Waals surface area contributed by atoms with E-state index in [1.165, 1.54) is 0 Å². The van der Waals surface area contributed by atoms with Crippen molar-refractivity contribution in [2.45, 2.75) is 6.42 Å². The highest BCUT2D eigenvalue weighted by molar-refractivity contribution is 6.06. The number of hydrogen-bond donors (Lipinski definition) is 1. The first-order chi connectivity index (χ1) is 15.0. The van der Waals surface area contributed by atoms with E-state index in [9.17, 15) is 4.79 Å². The minimum Gasteiger partial charge on any atom is -0.493 e. The average Bonchev–Trinajstić information content (AvgIpc) is 3.12. The topological polar surface area (TPSA) is 72.9 Å². The maximum absolute atomic E-state index is 12.9. The third-order valence-corrected chi connectivity index (χ3v) is 5.54. The molecular weight excluding hydrogens is 394 g/mol. The fraction of sp³-hybridized carbons (Fsp3) is 0.333. The molecule has 31 heavy (non-hydrogen) atoms. The third-order valence-electron chi connectivity index (χ3n) is 5.54. The van der Waals surface area contributed by atoms with Gasteiger partial charge in [-0.2, -0.15) is 0 Å². The molecule has 1 aromatic heterocycles. The molecule has 1 aliphatic carbocycles. The summed E-state index contributed by atoms with van der Waals surface area (Å²) in [6.45, 7) is 1.34. The van der Waals surface area contributed by atoms with Crippen LogP contribution in [0, 0.1) is 0 Å². The summed E-state index contributed by atoms with van der Waals surface area (Å²) < 4.78 is 16.8. The van der Waals surface area contributed by atoms with Gasteiger partial charge < -0.3 is 24.4 Å². The number of nitrogens with zero attached hydrogens (tertiary/aromatic N) is 2. The lowest BCUT2D eigenvalue weighted by atomic mass is 10.0. The number of likely N-dealkylation sites (N-methyl/N-ethyl adjacent to an activating group) is 1. The molecule has 1 heterocycles. The summed E-state index contributed by atoms with van der Waals surface area (Å²) >= 11 is 0. The second-order valence-electron chi connectivity index (χ2n) is 7.79. The van der Waals surface area contributed by atoms with Gasteiger partial charge in [0.25, 0.3) is 5.91 Å². The number of hydrogen-bond acceptors (Lipinski definition) is 6. The van der Waals surface area contributed by atoms with Crippen LogP contribution in [0.3, 0.4) is 0 Å². The van der Waals surface area contributed by atoms with E-state index in [2.05, 4.69) is 11.4 Å². The fourth-order valence-electron chi connectivity index (χ4n) is 4.08. The fourth-order valence-corrected chi connectivity index (χ4v) is 4.08. The van der Waals surface area contributed by atoms with Gasteiger partial charge in [-0.25, -0.2) is 4.98 Å². The molecule has 0 saturated heterocycles. The Balaban J connectivity index is 1.83. The average molecular weight is 421 g/mol. The van der Waals surface area contributed by atoms with Crippen molar-refractivity contribution in [1.82, 2.24) is 15.2 Å². The predicted octanol–water partition coefficient (Wildman–Crippen LogP) is 3.12. The highest BCUT2D eigenvalue weighted by atomic mass is 16.5. The van der Waals surface area contributed by atoms with Crippen LogP contribution in [0.5, 0.6) is 17.2 Å². The summed E-state index contributed by atoms with van der Waals surface area (Å²) in [6, 6.07) is 9.77. The molecule has 7 heteroatoms. The van der Waals surface area contributed by atoms with E-state index < -0.39 is 0 Å². The summed E-state index contributed by atoms with van der Waals surface area (Å²) in [5.74, 6) is 1.62. The largest absolute Gasteiger partial charge is 0.493 e. The monoisotopic (exact) mass is 421 g/mol. The molecule has 0 radical (unpaired) electrons. The van der Waals surface area contributed by atoms with Gasteiger partial charge in [0.05, 0.1) is 43.7 Å². The molecular formula is C24H27N3O4. The SMILES string of the molecule is COc1cc2c(c(OC)c1OC)-c1nc3c(C(=O)NCCN(C)C)cccc3cc1C2. The second-order valence-corrected chi connectivity index (χ2v) is 7.79. The van der Waals surface area contributed by atoms with E-state index in [0.717, 1.165) is 34.3 Å². The molecule has 1 N–H and O–H groups in total. The highest BCUT2D eigenvalue weighted by Gasteiger charge is 2.30.